The number of aryl methyl sites for hydroxylation is 1. The standard InChI is InChI=1S/C30H29N3O6/c1-20-7-4-8-22(17-20)38-16-6-15-32-25-18-21(12-13-26(25)39-19-28(32)35)31-27(34)11-5-14-33-29(36)23-9-2-3-10-24(23)30(33)37/h2-4,7-10,12-13,17-18H,5-6,11,14-16,19H2,1H3,(H,31,34). The molecule has 0 aromatic heterocycles. The smallest absolute Gasteiger partial charge is 0.265 e. The fraction of sp³-hybridized carbons (Fsp3) is 0.267. The number of hydrogen-bond acceptors (Lipinski definition) is 6. The summed E-state index contributed by atoms with van der Waals surface area (Å²) in [4.78, 5) is 53.1. The quantitative estimate of drug-likeness (QED) is 0.313. The molecule has 0 spiro atoms. The number of imide groups is 1. The van der Waals surface area contributed by atoms with Gasteiger partial charge in [0, 0.05) is 25.2 Å². The molecule has 9 heteroatoms. The molecule has 0 saturated heterocycles. The molecule has 0 saturated carbocycles. The molecule has 0 radical (unpaired) electrons. The Morgan fingerprint density at radius 1 is 0.897 bits per heavy atom. The molecule has 0 atom stereocenters. The zero-order chi connectivity index (χ0) is 27.4. The van der Waals surface area contributed by atoms with Gasteiger partial charge < -0.3 is 19.7 Å². The van der Waals surface area contributed by atoms with Crippen molar-refractivity contribution in [1.29, 1.82) is 0 Å². The number of hydrogen-bond donors (Lipinski definition) is 1. The first-order valence-electron chi connectivity index (χ1n) is 12.9. The number of carbonyl (C=O) groups is 4. The molecule has 3 aromatic carbocycles. The third kappa shape index (κ3) is 5.77. The largest absolute Gasteiger partial charge is 0.494 e. The van der Waals surface area contributed by atoms with Crippen LogP contribution in [-0.2, 0) is 9.59 Å². The van der Waals surface area contributed by atoms with E-state index in [2.05, 4.69) is 5.32 Å². The summed E-state index contributed by atoms with van der Waals surface area (Å²) in [6, 6.07) is 19.7. The predicted molar refractivity (Wildman–Crippen MR) is 145 cm³/mol. The Morgan fingerprint density at radius 2 is 1.64 bits per heavy atom. The third-order valence-corrected chi connectivity index (χ3v) is 6.63. The average molecular weight is 528 g/mol. The molecule has 2 aliphatic rings. The first kappa shape index (κ1) is 26.0. The van der Waals surface area contributed by atoms with Gasteiger partial charge >= 0.3 is 0 Å². The Kier molecular flexibility index (Phi) is 7.58. The van der Waals surface area contributed by atoms with Crippen molar-refractivity contribution in [3.63, 3.8) is 0 Å². The van der Waals surface area contributed by atoms with Gasteiger partial charge in [0.1, 0.15) is 11.5 Å². The Hall–Kier alpha value is -4.66. The van der Waals surface area contributed by atoms with Gasteiger partial charge in [0.15, 0.2) is 6.61 Å². The second kappa shape index (κ2) is 11.4. The first-order valence-corrected chi connectivity index (χ1v) is 12.9. The second-order valence-electron chi connectivity index (χ2n) is 9.49. The zero-order valence-corrected chi connectivity index (χ0v) is 21.6. The SMILES string of the molecule is Cc1cccc(OCCCN2C(=O)COc3ccc(NC(=O)CCCN4C(=O)c5ccccc5C4=O)cc32)c1. The van der Waals surface area contributed by atoms with Crippen LogP contribution in [0.1, 0.15) is 45.5 Å². The average Bonchev–Trinajstić information content (AvgIpc) is 3.17. The Labute approximate surface area is 226 Å². The van der Waals surface area contributed by atoms with Crippen LogP contribution in [0.15, 0.2) is 66.7 Å². The summed E-state index contributed by atoms with van der Waals surface area (Å²) in [6.45, 7) is 3.01. The minimum absolute atomic E-state index is 0.0464. The molecule has 4 amide bonds. The molecule has 0 unspecified atom stereocenters. The van der Waals surface area contributed by atoms with Crippen molar-refractivity contribution < 1.29 is 28.7 Å². The number of anilines is 2. The van der Waals surface area contributed by atoms with E-state index in [1.165, 1.54) is 4.90 Å². The van der Waals surface area contributed by atoms with Crippen LogP contribution in [0, 0.1) is 6.92 Å². The summed E-state index contributed by atoms with van der Waals surface area (Å²) in [7, 11) is 0. The third-order valence-electron chi connectivity index (χ3n) is 6.63. The highest BCUT2D eigenvalue weighted by molar-refractivity contribution is 6.21. The summed E-state index contributed by atoms with van der Waals surface area (Å²) < 4.78 is 11.4. The van der Waals surface area contributed by atoms with Gasteiger partial charge in [-0.3, -0.25) is 24.1 Å². The van der Waals surface area contributed by atoms with Gasteiger partial charge in [-0.1, -0.05) is 24.3 Å². The van der Waals surface area contributed by atoms with Crippen molar-refractivity contribution in [3.05, 3.63) is 83.4 Å². The molecule has 1 N–H and O–H groups in total. The maximum atomic E-state index is 12.6. The van der Waals surface area contributed by atoms with E-state index in [1.807, 2.05) is 31.2 Å². The number of amides is 4. The topological polar surface area (TPSA) is 105 Å². The van der Waals surface area contributed by atoms with Crippen LogP contribution in [0.2, 0.25) is 0 Å². The van der Waals surface area contributed by atoms with Crippen LogP contribution >= 0.6 is 0 Å². The van der Waals surface area contributed by atoms with Gasteiger partial charge in [-0.05, 0) is 67.8 Å². The number of ether oxygens (including phenoxy) is 2. The maximum absolute atomic E-state index is 12.6. The minimum Gasteiger partial charge on any atom is -0.494 e. The Morgan fingerprint density at radius 3 is 2.38 bits per heavy atom. The van der Waals surface area contributed by atoms with Gasteiger partial charge in [-0.2, -0.15) is 0 Å². The Balaban J connectivity index is 1.14. The molecule has 200 valence electrons. The van der Waals surface area contributed by atoms with E-state index >= 15 is 0 Å². The molecule has 5 rings (SSSR count). The molecule has 9 nitrogen and oxygen atoms in total. The number of benzene rings is 3. The molecule has 0 fully saturated rings. The molecule has 0 aliphatic carbocycles. The molecule has 2 heterocycles. The van der Waals surface area contributed by atoms with Crippen LogP contribution < -0.4 is 19.7 Å². The highest BCUT2D eigenvalue weighted by Gasteiger charge is 2.34. The van der Waals surface area contributed by atoms with Crippen molar-refractivity contribution in [3.8, 4) is 11.5 Å². The maximum Gasteiger partial charge on any atom is 0.265 e. The molecular weight excluding hydrogens is 498 g/mol. The lowest BCUT2D eigenvalue weighted by molar-refractivity contribution is -0.121. The summed E-state index contributed by atoms with van der Waals surface area (Å²) in [5.74, 6) is 0.268. The lowest BCUT2D eigenvalue weighted by Crippen LogP contribution is -2.39. The van der Waals surface area contributed by atoms with Gasteiger partial charge in [0.25, 0.3) is 17.7 Å². The van der Waals surface area contributed by atoms with Crippen LogP contribution in [0.25, 0.3) is 0 Å². The van der Waals surface area contributed by atoms with E-state index in [0.29, 0.717) is 54.2 Å². The van der Waals surface area contributed by atoms with E-state index in [9.17, 15) is 19.2 Å². The minimum atomic E-state index is -0.334. The van der Waals surface area contributed by atoms with Crippen molar-refractivity contribution in [1.82, 2.24) is 4.90 Å². The van der Waals surface area contributed by atoms with E-state index in [0.717, 1.165) is 11.3 Å². The van der Waals surface area contributed by atoms with Crippen LogP contribution in [0.5, 0.6) is 11.5 Å². The molecule has 2 aliphatic heterocycles. The normalized spacial score (nSPS) is 14.1. The number of nitrogens with one attached hydrogen (secondary N) is 1. The van der Waals surface area contributed by atoms with Gasteiger partial charge in [-0.15, -0.1) is 0 Å². The molecule has 0 bridgehead atoms. The zero-order valence-electron chi connectivity index (χ0n) is 21.6. The molecule has 3 aromatic rings. The van der Waals surface area contributed by atoms with Crippen molar-refractivity contribution in [2.24, 2.45) is 0 Å². The van der Waals surface area contributed by atoms with E-state index < -0.39 is 0 Å². The number of fused-ring (bicyclic) bond motifs is 2. The number of rotatable bonds is 10. The summed E-state index contributed by atoms with van der Waals surface area (Å²) in [5.41, 5.74) is 3.01. The van der Waals surface area contributed by atoms with Crippen LogP contribution in [-0.4, -0.2) is 54.8 Å². The molecule has 39 heavy (non-hydrogen) atoms. The van der Waals surface area contributed by atoms with Gasteiger partial charge in [-0.25, -0.2) is 0 Å². The van der Waals surface area contributed by atoms with E-state index in [4.69, 9.17) is 9.47 Å². The number of carbonyl (C=O) groups excluding carboxylic acids is 4. The summed E-state index contributed by atoms with van der Waals surface area (Å²) in [5, 5.41) is 2.84. The predicted octanol–water partition coefficient (Wildman–Crippen LogP) is 4.20. The van der Waals surface area contributed by atoms with E-state index in [1.54, 1.807) is 47.4 Å². The highest BCUT2D eigenvalue weighted by Crippen LogP contribution is 2.35. The van der Waals surface area contributed by atoms with E-state index in [-0.39, 0.29) is 43.2 Å². The van der Waals surface area contributed by atoms with Crippen molar-refractivity contribution in [2.75, 3.05) is 36.5 Å². The lowest BCUT2D eigenvalue weighted by Gasteiger charge is -2.30. The van der Waals surface area contributed by atoms with Gasteiger partial charge in [0.05, 0.1) is 23.4 Å². The second-order valence-corrected chi connectivity index (χ2v) is 9.49. The van der Waals surface area contributed by atoms with Crippen LogP contribution in [0.4, 0.5) is 11.4 Å². The van der Waals surface area contributed by atoms with Crippen molar-refractivity contribution in [2.45, 2.75) is 26.2 Å². The first-order chi connectivity index (χ1) is 18.9. The molecular formula is C30H29N3O6. The summed E-state index contributed by atoms with van der Waals surface area (Å²) >= 11 is 0. The van der Waals surface area contributed by atoms with Crippen LogP contribution in [0.3, 0.4) is 0 Å². The van der Waals surface area contributed by atoms with Gasteiger partial charge in [0.2, 0.25) is 5.91 Å². The van der Waals surface area contributed by atoms with Crippen molar-refractivity contribution >= 4 is 35.0 Å². The fourth-order valence-corrected chi connectivity index (χ4v) is 4.71. The fourth-order valence-electron chi connectivity index (χ4n) is 4.71. The monoisotopic (exact) mass is 527 g/mol. The Bertz CT molecular complexity index is 1400. The number of nitrogens with zero attached hydrogens (tertiary/aromatic N) is 2. The summed E-state index contributed by atoms with van der Waals surface area (Å²) in [6.07, 6.45) is 1.07. The highest BCUT2D eigenvalue weighted by atomic mass is 16.5. The lowest BCUT2D eigenvalue weighted by atomic mass is 10.1.